The van der Waals surface area contributed by atoms with Crippen molar-refractivity contribution in [3.63, 3.8) is 0 Å². The van der Waals surface area contributed by atoms with Crippen molar-refractivity contribution < 1.29 is 12.3 Å². The topological polar surface area (TPSA) is 78.5 Å². The van der Waals surface area contributed by atoms with E-state index in [4.69, 9.17) is 22.9 Å². The Kier molecular flexibility index (Phi) is 22.3. The highest BCUT2D eigenvalue weighted by molar-refractivity contribution is 6.89. The van der Waals surface area contributed by atoms with Gasteiger partial charge in [-0.15, -0.1) is 0 Å². The molecule has 0 spiro atoms. The molecule has 0 aromatic carbocycles. The van der Waals surface area contributed by atoms with Crippen LogP contribution < -0.4 is 0 Å². The van der Waals surface area contributed by atoms with Gasteiger partial charge >= 0.3 is 17.1 Å². The lowest BCUT2D eigenvalue weighted by Crippen LogP contribution is -2.56. The first kappa shape index (κ1) is 42.2. The average Bonchev–Trinajstić information content (AvgIpc) is 2.46. The smallest absolute Gasteiger partial charge is 0.315 e. The molecule has 0 fully saturated rings. The maximum absolute atomic E-state index is 8.77. The Balaban J connectivity index is -0.000000653. The van der Waals surface area contributed by atoms with Gasteiger partial charge < -0.3 is 17.2 Å². The normalized spacial score (nSPS) is 13.0. The number of hydrogen-bond donors (Lipinski definition) is 0. The molecular weight excluding hydrogens is 479 g/mol. The minimum Gasteiger partial charge on any atom is -0.437 e. The van der Waals surface area contributed by atoms with Crippen LogP contribution in [0.25, 0.3) is 0 Å². The standard InChI is InChI=1S/C19H39N3O3Si4.4CH4/c1-22(14-11-13-19(17-20)18-21)15-12-16-29(10,24-27(5,6)7)25-28(8,9)23-26(2,3)4;;;;/h11,13-14H,12,15-16H2,1-10H3;4*1H4/b14-11+;;;;. The average molecular weight is 534 g/mol. The van der Waals surface area contributed by atoms with Gasteiger partial charge in [0.25, 0.3) is 0 Å². The van der Waals surface area contributed by atoms with E-state index in [1.165, 1.54) is 6.08 Å². The maximum Gasteiger partial charge on any atom is 0.315 e. The van der Waals surface area contributed by atoms with Crippen LogP contribution in [0.4, 0.5) is 0 Å². The maximum atomic E-state index is 8.77. The van der Waals surface area contributed by atoms with E-state index in [0.717, 1.165) is 19.0 Å². The zero-order chi connectivity index (χ0) is 22.9. The number of allylic oxidation sites excluding steroid dienone is 3. The molecule has 10 heteroatoms. The summed E-state index contributed by atoms with van der Waals surface area (Å²) in [6, 6.07) is 4.60. The molecule has 0 aromatic rings. The van der Waals surface area contributed by atoms with Crippen LogP contribution in [0.5, 0.6) is 0 Å². The predicted molar refractivity (Wildman–Crippen MR) is 156 cm³/mol. The Morgan fingerprint density at radius 1 is 0.788 bits per heavy atom. The Labute approximate surface area is 212 Å². The van der Waals surface area contributed by atoms with Crippen LogP contribution in [0.15, 0.2) is 23.9 Å². The van der Waals surface area contributed by atoms with Gasteiger partial charge in [0, 0.05) is 13.6 Å². The van der Waals surface area contributed by atoms with Crippen LogP contribution in [-0.4, -0.2) is 52.2 Å². The summed E-state index contributed by atoms with van der Waals surface area (Å²) < 4.78 is 19.7. The predicted octanol–water partition coefficient (Wildman–Crippen LogP) is 7.83. The summed E-state index contributed by atoms with van der Waals surface area (Å²) in [7, 11) is -6.10. The quantitative estimate of drug-likeness (QED) is 0.144. The van der Waals surface area contributed by atoms with Crippen molar-refractivity contribution in [1.29, 1.82) is 10.5 Å². The molecule has 0 aromatic heterocycles. The van der Waals surface area contributed by atoms with Gasteiger partial charge in [0.05, 0.1) is 0 Å². The van der Waals surface area contributed by atoms with Crippen molar-refractivity contribution in [1.82, 2.24) is 4.90 Å². The Bertz CT molecular complexity index is 656. The Morgan fingerprint density at radius 2 is 1.24 bits per heavy atom. The van der Waals surface area contributed by atoms with E-state index in [0.29, 0.717) is 0 Å². The van der Waals surface area contributed by atoms with E-state index in [1.54, 1.807) is 6.08 Å². The minimum atomic E-state index is -2.38. The number of nitriles is 2. The summed E-state index contributed by atoms with van der Waals surface area (Å²) in [6.45, 7) is 20.5. The van der Waals surface area contributed by atoms with Crippen molar-refractivity contribution in [3.05, 3.63) is 23.9 Å². The van der Waals surface area contributed by atoms with E-state index in [-0.39, 0.29) is 35.3 Å². The second kappa shape index (κ2) is 17.4. The van der Waals surface area contributed by atoms with Gasteiger partial charge in [-0.2, -0.15) is 10.5 Å². The van der Waals surface area contributed by atoms with Gasteiger partial charge in [-0.1, -0.05) is 29.7 Å². The second-order valence-corrected chi connectivity index (χ2v) is 26.3. The summed E-state index contributed by atoms with van der Waals surface area (Å²) in [4.78, 5) is 2.05. The van der Waals surface area contributed by atoms with Gasteiger partial charge in [-0.3, -0.25) is 0 Å². The van der Waals surface area contributed by atoms with Gasteiger partial charge in [0.1, 0.15) is 17.7 Å². The van der Waals surface area contributed by atoms with Crippen LogP contribution in [0, 0.1) is 22.7 Å². The van der Waals surface area contributed by atoms with Gasteiger partial charge in [-0.25, -0.2) is 0 Å². The molecule has 0 aliphatic heterocycles. The van der Waals surface area contributed by atoms with Crippen molar-refractivity contribution in [3.8, 4) is 12.1 Å². The molecule has 196 valence electrons. The molecule has 1 unspecified atom stereocenters. The van der Waals surface area contributed by atoms with E-state index in [1.807, 2.05) is 30.3 Å². The molecule has 0 aliphatic rings. The zero-order valence-corrected chi connectivity index (χ0v) is 23.9. The van der Waals surface area contributed by atoms with Crippen LogP contribution in [0.2, 0.25) is 65.0 Å². The molecule has 0 N–H and O–H groups in total. The number of hydrogen-bond acceptors (Lipinski definition) is 6. The molecule has 0 amide bonds. The Morgan fingerprint density at radius 3 is 1.64 bits per heavy atom. The van der Waals surface area contributed by atoms with Crippen molar-refractivity contribution >= 4 is 33.8 Å². The molecule has 0 bridgehead atoms. The fraction of sp³-hybridized carbons (Fsp3) is 0.739. The molecule has 0 saturated heterocycles. The van der Waals surface area contributed by atoms with Crippen molar-refractivity contribution in [2.75, 3.05) is 13.6 Å². The highest BCUT2D eigenvalue weighted by Gasteiger charge is 2.44. The monoisotopic (exact) mass is 533 g/mol. The third-order valence-corrected chi connectivity index (χ3v) is 17.1. The highest BCUT2D eigenvalue weighted by Crippen LogP contribution is 2.27. The van der Waals surface area contributed by atoms with E-state index in [9.17, 15) is 0 Å². The first-order valence-corrected chi connectivity index (χ1v) is 22.2. The first-order valence-electron chi connectivity index (χ1n) is 10.0. The zero-order valence-electron chi connectivity index (χ0n) is 19.9. The van der Waals surface area contributed by atoms with Crippen LogP contribution in [0.1, 0.15) is 36.1 Å². The molecule has 33 heavy (non-hydrogen) atoms. The highest BCUT2D eigenvalue weighted by atomic mass is 28.5. The fourth-order valence-electron chi connectivity index (χ4n) is 3.16. The van der Waals surface area contributed by atoms with Crippen molar-refractivity contribution in [2.45, 2.75) is 101 Å². The molecule has 6 nitrogen and oxygen atoms in total. The van der Waals surface area contributed by atoms with E-state index in [2.05, 4.69) is 58.9 Å². The summed E-state index contributed by atoms with van der Waals surface area (Å²) in [5.41, 5.74) is 0.0983. The molecule has 0 rings (SSSR count). The third kappa shape index (κ3) is 22.6. The first-order chi connectivity index (χ1) is 13.0. The van der Waals surface area contributed by atoms with Crippen LogP contribution in [0.3, 0.4) is 0 Å². The molecule has 0 saturated carbocycles. The summed E-state index contributed by atoms with van der Waals surface area (Å²) in [6.07, 6.45) is 6.07. The molecule has 0 aliphatic carbocycles. The third-order valence-electron chi connectivity index (χ3n) is 3.52. The number of nitrogens with zero attached hydrogens (tertiary/aromatic N) is 3. The Hall–Kier alpha value is -0.992. The fourth-order valence-corrected chi connectivity index (χ4v) is 21.1. The van der Waals surface area contributed by atoms with Crippen LogP contribution in [-0.2, 0) is 12.3 Å². The lowest BCUT2D eigenvalue weighted by Gasteiger charge is -2.41. The second-order valence-electron chi connectivity index (χ2n) is 9.79. The van der Waals surface area contributed by atoms with Gasteiger partial charge in [0.2, 0.25) is 0 Å². The van der Waals surface area contributed by atoms with Gasteiger partial charge in [0.15, 0.2) is 16.6 Å². The van der Waals surface area contributed by atoms with Gasteiger partial charge in [-0.05, 0) is 89.7 Å². The van der Waals surface area contributed by atoms with Crippen molar-refractivity contribution in [2.24, 2.45) is 0 Å². The summed E-state index contributed by atoms with van der Waals surface area (Å²) in [5.74, 6) is 0. The van der Waals surface area contributed by atoms with E-state index < -0.39 is 33.8 Å². The molecule has 0 heterocycles. The summed E-state index contributed by atoms with van der Waals surface area (Å²) >= 11 is 0. The molecule has 0 radical (unpaired) electrons. The SMILES string of the molecule is C.C.C.C.CN(/C=C/C=C(C#N)C#N)CCC[Si](C)(O[Si](C)(C)C)O[Si](C)(C)O[Si](C)(C)C. The largest absolute Gasteiger partial charge is 0.437 e. The summed E-state index contributed by atoms with van der Waals surface area (Å²) in [5, 5.41) is 17.5. The molecule has 1 atom stereocenters. The van der Waals surface area contributed by atoms with E-state index >= 15 is 0 Å². The minimum absolute atomic E-state index is 0. The van der Waals surface area contributed by atoms with Crippen LogP contribution >= 0.6 is 0 Å². The lowest BCUT2D eigenvalue weighted by molar-refractivity contribution is 0.319. The molecular formula is C23H55N3O3Si4. The lowest BCUT2D eigenvalue weighted by atomic mass is 10.3. The number of rotatable bonds is 12.